The van der Waals surface area contributed by atoms with E-state index in [0.717, 1.165) is 15.6 Å². The molecule has 3 aromatic carbocycles. The third-order valence-corrected chi connectivity index (χ3v) is 5.53. The molecule has 34 heavy (non-hydrogen) atoms. The van der Waals surface area contributed by atoms with Gasteiger partial charge in [-0.1, -0.05) is 42.5 Å². The van der Waals surface area contributed by atoms with E-state index in [1.54, 1.807) is 30.5 Å². The van der Waals surface area contributed by atoms with Gasteiger partial charge in [-0.3, -0.25) is 4.79 Å². The first-order valence-electron chi connectivity index (χ1n) is 10.5. The molecule has 0 saturated heterocycles. The molecule has 0 unspecified atom stereocenters. The van der Waals surface area contributed by atoms with Crippen LogP contribution in [0.5, 0.6) is 17.2 Å². The first kappa shape index (κ1) is 25.3. The average Bonchev–Trinajstić information content (AvgIpc) is 2.83. The van der Waals surface area contributed by atoms with E-state index < -0.39 is 0 Å². The van der Waals surface area contributed by atoms with Crippen molar-refractivity contribution in [3.05, 3.63) is 99.5 Å². The lowest BCUT2D eigenvalue weighted by Gasteiger charge is -2.12. The van der Waals surface area contributed by atoms with Crippen molar-refractivity contribution in [2.45, 2.75) is 13.5 Å². The normalized spacial score (nSPS) is 10.7. The predicted octanol–water partition coefficient (Wildman–Crippen LogP) is 6.41. The lowest BCUT2D eigenvalue weighted by atomic mass is 10.2. The monoisotopic (exact) mass is 542 g/mol. The van der Waals surface area contributed by atoms with Gasteiger partial charge in [0.25, 0.3) is 5.91 Å². The number of carbonyl (C=O) groups is 1. The van der Waals surface area contributed by atoms with E-state index >= 15 is 0 Å². The van der Waals surface area contributed by atoms with Crippen LogP contribution in [0.25, 0.3) is 0 Å². The number of rotatable bonds is 11. The van der Waals surface area contributed by atoms with Gasteiger partial charge in [0.1, 0.15) is 19.0 Å². The Bertz CT molecular complexity index is 1180. The average molecular weight is 544 g/mol. The van der Waals surface area contributed by atoms with E-state index in [4.69, 9.17) is 25.8 Å². The van der Waals surface area contributed by atoms with Crippen LogP contribution in [0.4, 0.5) is 0 Å². The number of amides is 1. The molecule has 3 rings (SSSR count). The highest BCUT2D eigenvalue weighted by Gasteiger charge is 2.11. The second kappa shape index (κ2) is 12.8. The summed E-state index contributed by atoms with van der Waals surface area (Å²) in [5, 5.41) is 4.71. The van der Waals surface area contributed by atoms with Crippen molar-refractivity contribution in [3.8, 4) is 17.2 Å². The Kier molecular flexibility index (Phi) is 9.55. The highest BCUT2D eigenvalue weighted by atomic mass is 79.9. The maximum atomic E-state index is 12.5. The van der Waals surface area contributed by atoms with Gasteiger partial charge < -0.3 is 14.2 Å². The van der Waals surface area contributed by atoms with Crippen LogP contribution in [0.3, 0.4) is 0 Å². The first-order chi connectivity index (χ1) is 16.5. The minimum Gasteiger partial charge on any atom is -0.490 e. The van der Waals surface area contributed by atoms with E-state index in [-0.39, 0.29) is 5.91 Å². The largest absolute Gasteiger partial charge is 0.490 e. The van der Waals surface area contributed by atoms with Gasteiger partial charge in [-0.15, -0.1) is 0 Å². The van der Waals surface area contributed by atoms with Crippen LogP contribution in [0.2, 0.25) is 5.02 Å². The van der Waals surface area contributed by atoms with Gasteiger partial charge in [-0.25, -0.2) is 5.43 Å². The molecule has 3 aromatic rings. The molecule has 8 heteroatoms. The fourth-order valence-corrected chi connectivity index (χ4v) is 3.60. The molecule has 0 aliphatic carbocycles. The summed E-state index contributed by atoms with van der Waals surface area (Å²) in [7, 11) is 0. The summed E-state index contributed by atoms with van der Waals surface area (Å²) in [4.78, 5) is 12.5. The molecule has 0 bridgehead atoms. The molecule has 0 saturated carbocycles. The van der Waals surface area contributed by atoms with Crippen LogP contribution in [-0.4, -0.2) is 25.3 Å². The Morgan fingerprint density at radius 1 is 1.06 bits per heavy atom. The number of nitrogens with one attached hydrogen (secondary N) is 1. The zero-order valence-corrected chi connectivity index (χ0v) is 20.9. The first-order valence-corrected chi connectivity index (χ1v) is 11.7. The van der Waals surface area contributed by atoms with E-state index in [2.05, 4.69) is 33.0 Å². The van der Waals surface area contributed by atoms with Crippen molar-refractivity contribution < 1.29 is 19.0 Å². The van der Waals surface area contributed by atoms with Crippen molar-refractivity contribution >= 4 is 39.7 Å². The summed E-state index contributed by atoms with van der Waals surface area (Å²) < 4.78 is 17.7. The maximum Gasteiger partial charge on any atom is 0.271 e. The van der Waals surface area contributed by atoms with E-state index in [9.17, 15) is 4.79 Å². The van der Waals surface area contributed by atoms with Crippen LogP contribution in [0.1, 0.15) is 28.4 Å². The van der Waals surface area contributed by atoms with Crippen LogP contribution in [0.15, 0.2) is 82.9 Å². The van der Waals surface area contributed by atoms with E-state index in [1.165, 1.54) is 0 Å². The van der Waals surface area contributed by atoms with Gasteiger partial charge in [0.05, 0.1) is 17.3 Å². The lowest BCUT2D eigenvalue weighted by Crippen LogP contribution is -2.17. The number of nitrogens with zero attached hydrogens (tertiary/aromatic N) is 1. The highest BCUT2D eigenvalue weighted by molar-refractivity contribution is 9.10. The molecular formula is C26H24BrClN2O4. The van der Waals surface area contributed by atoms with Crippen LogP contribution >= 0.6 is 27.5 Å². The van der Waals surface area contributed by atoms with Crippen LogP contribution in [0, 0.1) is 0 Å². The number of ether oxygens (including phenoxy) is 3. The summed E-state index contributed by atoms with van der Waals surface area (Å²) in [6, 6.07) is 18.0. The summed E-state index contributed by atoms with van der Waals surface area (Å²) in [5.74, 6) is 1.33. The molecule has 6 nitrogen and oxygen atoms in total. The van der Waals surface area contributed by atoms with Crippen LogP contribution in [-0.2, 0) is 6.61 Å². The number of hydrogen-bond acceptors (Lipinski definition) is 5. The third kappa shape index (κ3) is 7.10. The molecule has 0 aromatic heterocycles. The Morgan fingerprint density at radius 2 is 1.85 bits per heavy atom. The molecule has 0 aliphatic rings. The third-order valence-electron chi connectivity index (χ3n) is 4.54. The summed E-state index contributed by atoms with van der Waals surface area (Å²) in [6.45, 7) is 6.63. The van der Waals surface area contributed by atoms with Crippen molar-refractivity contribution in [3.63, 3.8) is 0 Å². The van der Waals surface area contributed by atoms with E-state index in [0.29, 0.717) is 47.7 Å². The van der Waals surface area contributed by atoms with E-state index in [1.807, 2.05) is 49.4 Å². The van der Waals surface area contributed by atoms with Gasteiger partial charge >= 0.3 is 0 Å². The highest BCUT2D eigenvalue weighted by Crippen LogP contribution is 2.29. The Labute approximate surface area is 212 Å². The second-order valence-electron chi connectivity index (χ2n) is 6.96. The summed E-state index contributed by atoms with van der Waals surface area (Å²) in [6.07, 6.45) is 3.19. The minimum atomic E-state index is -0.369. The molecule has 0 fully saturated rings. The van der Waals surface area contributed by atoms with Crippen LogP contribution < -0.4 is 19.6 Å². The Hall–Kier alpha value is -3.29. The zero-order chi connectivity index (χ0) is 24.3. The summed E-state index contributed by atoms with van der Waals surface area (Å²) >= 11 is 9.68. The SMILES string of the molecule is C=CCOc1ccc(C(=O)N/N=C/c2ccc(OCc3ccccc3Cl)c(Br)c2)cc1OCC. The van der Waals surface area contributed by atoms with Gasteiger partial charge in [0.2, 0.25) is 0 Å². The fraction of sp³-hybridized carbons (Fsp3) is 0.154. The number of carbonyl (C=O) groups excluding carboxylic acids is 1. The maximum absolute atomic E-state index is 12.5. The molecule has 1 amide bonds. The molecule has 176 valence electrons. The molecule has 0 atom stereocenters. The predicted molar refractivity (Wildman–Crippen MR) is 138 cm³/mol. The van der Waals surface area contributed by atoms with Crippen molar-refractivity contribution in [2.24, 2.45) is 5.10 Å². The van der Waals surface area contributed by atoms with Gasteiger partial charge in [0, 0.05) is 16.1 Å². The summed E-state index contributed by atoms with van der Waals surface area (Å²) in [5.41, 5.74) is 4.60. The van der Waals surface area contributed by atoms with Crippen molar-refractivity contribution in [2.75, 3.05) is 13.2 Å². The van der Waals surface area contributed by atoms with Gasteiger partial charge in [0.15, 0.2) is 11.5 Å². The molecule has 1 N–H and O–H groups in total. The number of hydrogen-bond donors (Lipinski definition) is 1. The Morgan fingerprint density at radius 3 is 2.59 bits per heavy atom. The topological polar surface area (TPSA) is 69.2 Å². The Balaban J connectivity index is 1.60. The van der Waals surface area contributed by atoms with Gasteiger partial charge in [-0.05, 0) is 70.9 Å². The number of hydrazone groups is 1. The van der Waals surface area contributed by atoms with Crippen molar-refractivity contribution in [1.29, 1.82) is 0 Å². The zero-order valence-electron chi connectivity index (χ0n) is 18.6. The quantitative estimate of drug-likeness (QED) is 0.172. The molecule has 0 heterocycles. The smallest absolute Gasteiger partial charge is 0.271 e. The lowest BCUT2D eigenvalue weighted by molar-refractivity contribution is 0.0954. The second-order valence-corrected chi connectivity index (χ2v) is 8.22. The minimum absolute atomic E-state index is 0.343. The molecule has 0 spiro atoms. The molecule has 0 aliphatic heterocycles. The van der Waals surface area contributed by atoms with Gasteiger partial charge in [-0.2, -0.15) is 5.10 Å². The van der Waals surface area contributed by atoms with Crippen molar-refractivity contribution in [1.82, 2.24) is 5.43 Å². The standard InChI is InChI=1S/C26H24BrClN2O4/c1-3-13-33-24-12-10-19(15-25(24)32-4-2)26(31)30-29-16-18-9-11-23(21(27)14-18)34-17-20-7-5-6-8-22(20)28/h3,5-12,14-16H,1,4,13,17H2,2H3,(H,30,31)/b29-16+. The molecular weight excluding hydrogens is 520 g/mol. The fourth-order valence-electron chi connectivity index (χ4n) is 2.90. The number of benzene rings is 3. The molecule has 0 radical (unpaired) electrons. The number of halogens is 2.